The Bertz CT molecular complexity index is 1070. The number of hydrogen-bond donors (Lipinski definition) is 4. The number of nitrogens with one attached hydrogen (secondary N) is 4. The largest absolute Gasteiger partial charge is 0.356 e. The number of nitrogens with zero attached hydrogens (tertiary/aromatic N) is 2. The topological polar surface area (TPSA) is 112 Å². The lowest BCUT2D eigenvalue weighted by Gasteiger charge is -2.10. The fourth-order valence-electron chi connectivity index (χ4n) is 3.37. The first-order valence-electron chi connectivity index (χ1n) is 10.1. The molecule has 1 aliphatic rings. The van der Waals surface area contributed by atoms with Crippen LogP contribution < -0.4 is 16.0 Å². The average molecular weight is 404 g/mol. The summed E-state index contributed by atoms with van der Waals surface area (Å²) >= 11 is 0. The number of H-pyrrole nitrogens is 1. The summed E-state index contributed by atoms with van der Waals surface area (Å²) in [5.74, 6) is 0.476. The highest BCUT2D eigenvalue weighted by molar-refractivity contribution is 5.97. The van der Waals surface area contributed by atoms with Gasteiger partial charge in [0.25, 0.3) is 5.91 Å². The quantitative estimate of drug-likeness (QED) is 0.472. The molecule has 0 spiro atoms. The third-order valence-corrected chi connectivity index (χ3v) is 4.93. The molecule has 30 heavy (non-hydrogen) atoms. The number of benzene rings is 1. The zero-order valence-electron chi connectivity index (χ0n) is 16.8. The van der Waals surface area contributed by atoms with Crippen LogP contribution in [0, 0.1) is 0 Å². The van der Waals surface area contributed by atoms with E-state index in [2.05, 4.69) is 37.8 Å². The molecule has 0 radical (unpaired) electrons. The van der Waals surface area contributed by atoms with Crippen molar-refractivity contribution in [2.45, 2.75) is 26.2 Å². The van der Waals surface area contributed by atoms with Crippen molar-refractivity contribution >= 4 is 17.6 Å². The molecule has 4 rings (SSSR count). The number of amides is 3. The summed E-state index contributed by atoms with van der Waals surface area (Å²) in [4.78, 5) is 36.4. The molecule has 1 aliphatic heterocycles. The first-order valence-corrected chi connectivity index (χ1v) is 10.1. The predicted molar refractivity (Wildman–Crippen MR) is 115 cm³/mol. The third-order valence-electron chi connectivity index (χ3n) is 4.93. The highest BCUT2D eigenvalue weighted by Gasteiger charge is 2.20. The number of anilines is 1. The molecule has 3 aromatic rings. The minimum Gasteiger partial charge on any atom is -0.356 e. The Morgan fingerprint density at radius 1 is 1.23 bits per heavy atom. The molecule has 0 saturated carbocycles. The smallest absolute Gasteiger partial charge is 0.319 e. The first-order chi connectivity index (χ1) is 14.6. The zero-order chi connectivity index (χ0) is 20.9. The van der Waals surface area contributed by atoms with E-state index in [1.165, 1.54) is 0 Å². The highest BCUT2D eigenvalue weighted by Crippen LogP contribution is 2.25. The molecule has 154 valence electrons. The summed E-state index contributed by atoms with van der Waals surface area (Å²) in [6.07, 6.45) is 4.43. The summed E-state index contributed by atoms with van der Waals surface area (Å²) in [6, 6.07) is 10.8. The van der Waals surface area contributed by atoms with Gasteiger partial charge < -0.3 is 20.9 Å². The Kier molecular flexibility index (Phi) is 5.74. The van der Waals surface area contributed by atoms with E-state index < -0.39 is 0 Å². The molecule has 0 atom stereocenters. The van der Waals surface area contributed by atoms with Crippen molar-refractivity contribution in [1.29, 1.82) is 0 Å². The minimum atomic E-state index is -0.231. The van der Waals surface area contributed by atoms with Crippen molar-refractivity contribution < 1.29 is 9.59 Å². The number of aromatic amines is 1. The molecule has 3 heterocycles. The number of hydrogen-bond acceptors (Lipinski definition) is 4. The number of urea groups is 1. The van der Waals surface area contributed by atoms with Gasteiger partial charge in [0.05, 0.1) is 17.0 Å². The zero-order valence-corrected chi connectivity index (χ0v) is 16.8. The van der Waals surface area contributed by atoms with E-state index in [-0.39, 0.29) is 11.9 Å². The van der Waals surface area contributed by atoms with Crippen molar-refractivity contribution in [3.63, 3.8) is 0 Å². The lowest BCUT2D eigenvalue weighted by molar-refractivity contribution is 0.0946. The van der Waals surface area contributed by atoms with E-state index in [9.17, 15) is 9.59 Å². The van der Waals surface area contributed by atoms with Crippen molar-refractivity contribution in [3.05, 3.63) is 53.9 Å². The molecular weight excluding hydrogens is 380 g/mol. The third kappa shape index (κ3) is 4.32. The summed E-state index contributed by atoms with van der Waals surface area (Å²) in [7, 11) is 0. The van der Waals surface area contributed by atoms with Gasteiger partial charge in [-0.2, -0.15) is 0 Å². The van der Waals surface area contributed by atoms with Crippen molar-refractivity contribution in [2.75, 3.05) is 18.4 Å². The number of aromatic nitrogens is 3. The van der Waals surface area contributed by atoms with Crippen LogP contribution >= 0.6 is 0 Å². The molecule has 3 amide bonds. The van der Waals surface area contributed by atoms with Gasteiger partial charge in [-0.05, 0) is 30.7 Å². The standard InChI is InChI=1S/C22H24N6O2/c1-2-3-9-25-22(30)26-15-6-4-5-14(12-15)20-23-10-8-18(28-20)19-13-16-17(27-19)7-11-24-21(16)29/h4-6,8,10,12-13,27H,2-3,7,9,11H2,1H3,(H,24,29)(H2,25,26,30). The molecule has 8 nitrogen and oxygen atoms in total. The lowest BCUT2D eigenvalue weighted by Crippen LogP contribution is -2.31. The van der Waals surface area contributed by atoms with Crippen LogP contribution in [0.3, 0.4) is 0 Å². The van der Waals surface area contributed by atoms with Gasteiger partial charge >= 0.3 is 6.03 Å². The number of unbranched alkanes of at least 4 members (excludes halogenated alkanes) is 1. The molecule has 8 heteroatoms. The molecule has 4 N–H and O–H groups in total. The van der Waals surface area contributed by atoms with Gasteiger partial charge in [0, 0.05) is 42.7 Å². The van der Waals surface area contributed by atoms with Crippen LogP contribution in [0.25, 0.3) is 22.8 Å². The van der Waals surface area contributed by atoms with Gasteiger partial charge in [-0.1, -0.05) is 25.5 Å². The predicted octanol–water partition coefficient (Wildman–Crippen LogP) is 3.35. The molecular formula is C22H24N6O2. The summed E-state index contributed by atoms with van der Waals surface area (Å²) in [6.45, 7) is 3.35. The Morgan fingerprint density at radius 3 is 2.97 bits per heavy atom. The molecule has 0 unspecified atom stereocenters. The lowest BCUT2D eigenvalue weighted by atomic mass is 10.1. The molecule has 0 aliphatic carbocycles. The Morgan fingerprint density at radius 2 is 2.13 bits per heavy atom. The van der Waals surface area contributed by atoms with E-state index in [4.69, 9.17) is 0 Å². The molecule has 1 aromatic carbocycles. The van der Waals surface area contributed by atoms with Crippen LogP contribution in [0.2, 0.25) is 0 Å². The normalized spacial score (nSPS) is 12.8. The number of carbonyl (C=O) groups excluding carboxylic acids is 2. The van der Waals surface area contributed by atoms with Gasteiger partial charge in [0.15, 0.2) is 5.82 Å². The maximum Gasteiger partial charge on any atom is 0.319 e. The second kappa shape index (κ2) is 8.77. The number of fused-ring (bicyclic) bond motifs is 1. The van der Waals surface area contributed by atoms with Crippen LogP contribution in [0.5, 0.6) is 0 Å². The number of rotatable bonds is 6. The molecule has 0 saturated heterocycles. The van der Waals surface area contributed by atoms with Crippen molar-refractivity contribution in [3.8, 4) is 22.8 Å². The van der Waals surface area contributed by atoms with Gasteiger partial charge in [-0.25, -0.2) is 14.8 Å². The fourth-order valence-corrected chi connectivity index (χ4v) is 3.37. The summed E-state index contributed by atoms with van der Waals surface area (Å²) < 4.78 is 0. The van der Waals surface area contributed by atoms with Gasteiger partial charge in [0.2, 0.25) is 0 Å². The van der Waals surface area contributed by atoms with E-state index in [1.54, 1.807) is 6.20 Å². The summed E-state index contributed by atoms with van der Waals surface area (Å²) in [5, 5.41) is 8.52. The summed E-state index contributed by atoms with van der Waals surface area (Å²) in [5.41, 5.74) is 4.54. The molecule has 0 fully saturated rings. The van der Waals surface area contributed by atoms with Crippen molar-refractivity contribution in [1.82, 2.24) is 25.6 Å². The monoisotopic (exact) mass is 404 g/mol. The molecule has 0 bridgehead atoms. The Labute approximate surface area is 174 Å². The first kappa shape index (κ1) is 19.6. The van der Waals surface area contributed by atoms with E-state index in [0.29, 0.717) is 35.9 Å². The second-order valence-corrected chi connectivity index (χ2v) is 7.16. The minimum absolute atomic E-state index is 0.0657. The van der Waals surface area contributed by atoms with Crippen molar-refractivity contribution in [2.24, 2.45) is 0 Å². The van der Waals surface area contributed by atoms with E-state index in [0.717, 1.165) is 36.2 Å². The maximum atomic E-state index is 12.0. The highest BCUT2D eigenvalue weighted by atomic mass is 16.2. The second-order valence-electron chi connectivity index (χ2n) is 7.16. The van der Waals surface area contributed by atoms with Gasteiger partial charge in [-0.15, -0.1) is 0 Å². The van der Waals surface area contributed by atoms with Gasteiger partial charge in [-0.3, -0.25) is 4.79 Å². The Hall–Kier alpha value is -3.68. The van der Waals surface area contributed by atoms with E-state index >= 15 is 0 Å². The van der Waals surface area contributed by atoms with Crippen LogP contribution in [-0.4, -0.2) is 40.0 Å². The van der Waals surface area contributed by atoms with Crippen LogP contribution in [0.4, 0.5) is 10.5 Å². The van der Waals surface area contributed by atoms with Crippen LogP contribution in [0.15, 0.2) is 42.6 Å². The number of carbonyl (C=O) groups is 2. The maximum absolute atomic E-state index is 12.0. The fraction of sp³-hybridized carbons (Fsp3) is 0.273. The Balaban J connectivity index is 1.54. The van der Waals surface area contributed by atoms with Crippen LogP contribution in [0.1, 0.15) is 35.8 Å². The van der Waals surface area contributed by atoms with Crippen LogP contribution in [-0.2, 0) is 6.42 Å². The SMILES string of the molecule is CCCCNC(=O)Nc1cccc(-c2nccc(-c3cc4c([nH]3)CCNC4=O)n2)c1. The molecule has 2 aromatic heterocycles. The van der Waals surface area contributed by atoms with E-state index in [1.807, 2.05) is 36.4 Å². The average Bonchev–Trinajstić information content (AvgIpc) is 3.20. The van der Waals surface area contributed by atoms with Gasteiger partial charge in [0.1, 0.15) is 0 Å².